The van der Waals surface area contributed by atoms with Gasteiger partial charge in [-0.25, -0.2) is 9.69 Å². The normalized spacial score (nSPS) is 18.0. The predicted molar refractivity (Wildman–Crippen MR) is 118 cm³/mol. The average molecular weight is 518 g/mol. The molecule has 0 spiro atoms. The Labute approximate surface area is 196 Å². The topological polar surface area (TPSA) is 116 Å². The van der Waals surface area contributed by atoms with Crippen LogP contribution in [0.1, 0.15) is 64.1 Å². The summed E-state index contributed by atoms with van der Waals surface area (Å²) in [6, 6.07) is 1.21. The lowest BCUT2D eigenvalue weighted by Crippen LogP contribution is -2.49. The third kappa shape index (κ3) is 6.55. The van der Waals surface area contributed by atoms with Crippen LogP contribution in [0.4, 0.5) is 4.79 Å². The van der Waals surface area contributed by atoms with Crippen LogP contribution in [0.25, 0.3) is 0 Å². The Balaban J connectivity index is 2.25. The predicted octanol–water partition coefficient (Wildman–Crippen LogP) is 3.76. The highest BCUT2D eigenvalue weighted by atomic mass is 79.9. The number of unbranched alkanes of at least 4 members (excludes halogenated alkanes) is 3. The fourth-order valence-electron chi connectivity index (χ4n) is 3.61. The zero-order valence-corrected chi connectivity index (χ0v) is 20.6. The number of aliphatic hydroxyl groups is 1. The largest absolute Gasteiger partial charge is 0.461 e. The van der Waals surface area contributed by atoms with Crippen LogP contribution >= 0.6 is 15.9 Å². The highest BCUT2D eigenvalue weighted by Gasteiger charge is 2.46. The summed E-state index contributed by atoms with van der Waals surface area (Å²) < 4.78 is 22.5. The van der Waals surface area contributed by atoms with Crippen molar-refractivity contribution in [2.45, 2.75) is 71.1 Å². The van der Waals surface area contributed by atoms with Gasteiger partial charge in [-0.15, -0.1) is 0 Å². The Morgan fingerprint density at radius 3 is 2.56 bits per heavy atom. The fourth-order valence-corrected chi connectivity index (χ4v) is 4.11. The van der Waals surface area contributed by atoms with Crippen molar-refractivity contribution >= 4 is 33.9 Å². The minimum absolute atomic E-state index is 0.0229. The van der Waals surface area contributed by atoms with Crippen LogP contribution in [0.3, 0.4) is 0 Å². The maximum absolute atomic E-state index is 13.3. The second-order valence-corrected chi connectivity index (χ2v) is 8.94. The van der Waals surface area contributed by atoms with Gasteiger partial charge in [-0.05, 0) is 40.8 Å². The van der Waals surface area contributed by atoms with E-state index in [-0.39, 0.29) is 24.9 Å². The average Bonchev–Trinajstić information content (AvgIpc) is 3.30. The molecule has 180 valence electrons. The van der Waals surface area contributed by atoms with Crippen molar-refractivity contribution in [3.05, 3.63) is 22.1 Å². The van der Waals surface area contributed by atoms with Gasteiger partial charge in [0.1, 0.15) is 18.1 Å². The number of aryl methyl sites for hydroxylation is 1. The monoisotopic (exact) mass is 517 g/mol. The first-order chi connectivity index (χ1) is 15.2. The van der Waals surface area contributed by atoms with Crippen LogP contribution in [0, 0.1) is 5.92 Å². The highest BCUT2D eigenvalue weighted by molar-refractivity contribution is 9.10. The number of hydrogen-bond acceptors (Lipinski definition) is 8. The second kappa shape index (κ2) is 12.4. The zero-order valence-electron chi connectivity index (χ0n) is 19.0. The molecule has 1 fully saturated rings. The molecule has 0 aromatic carbocycles. The van der Waals surface area contributed by atoms with E-state index in [0.29, 0.717) is 16.7 Å². The number of amides is 2. The lowest BCUT2D eigenvalue weighted by atomic mass is 10.0. The molecular formula is C22H32BrNO8. The van der Waals surface area contributed by atoms with Crippen molar-refractivity contribution in [1.29, 1.82) is 0 Å². The Bertz CT molecular complexity index is 793. The van der Waals surface area contributed by atoms with E-state index in [4.69, 9.17) is 23.7 Å². The number of imide groups is 1. The SMILES string of the molecule is COC(C(=O)N1C(=O)OCC1C(C)C)C(OC(C)=O)c1cc(Br)c(CCCCCCO)o1. The van der Waals surface area contributed by atoms with Gasteiger partial charge in [0.15, 0.2) is 12.2 Å². The summed E-state index contributed by atoms with van der Waals surface area (Å²) in [6.45, 7) is 5.27. The standard InChI is InChI=1S/C22H32BrNO8/c1-13(2)16-12-30-22(28)24(16)21(27)20(29-4)19(31-14(3)26)18-11-15(23)17(32-18)9-7-5-6-8-10-25/h11,13,16,19-20,25H,5-10,12H2,1-4H3. The molecule has 1 aromatic rings. The number of rotatable bonds is 12. The van der Waals surface area contributed by atoms with Crippen LogP contribution in [0.15, 0.2) is 15.0 Å². The van der Waals surface area contributed by atoms with Crippen molar-refractivity contribution in [1.82, 2.24) is 4.90 Å². The molecule has 1 aliphatic heterocycles. The van der Waals surface area contributed by atoms with Crippen LogP contribution in [0.5, 0.6) is 0 Å². The lowest BCUT2D eigenvalue weighted by Gasteiger charge is -2.29. The summed E-state index contributed by atoms with van der Waals surface area (Å²) in [6.07, 6.45) is 0.884. The fraction of sp³-hybridized carbons (Fsp3) is 0.682. The molecule has 32 heavy (non-hydrogen) atoms. The molecular weight excluding hydrogens is 486 g/mol. The third-order valence-corrected chi connectivity index (χ3v) is 6.02. The van der Waals surface area contributed by atoms with E-state index in [1.54, 1.807) is 6.07 Å². The number of carbonyl (C=O) groups is 3. The molecule has 3 unspecified atom stereocenters. The van der Waals surface area contributed by atoms with Gasteiger partial charge in [0.05, 0.1) is 10.5 Å². The van der Waals surface area contributed by atoms with Crippen molar-refractivity contribution < 1.29 is 38.1 Å². The maximum atomic E-state index is 13.3. The Morgan fingerprint density at radius 1 is 1.28 bits per heavy atom. The number of esters is 1. The highest BCUT2D eigenvalue weighted by Crippen LogP contribution is 2.33. The number of carbonyl (C=O) groups excluding carboxylic acids is 3. The first kappa shape index (κ1) is 26.3. The third-order valence-electron chi connectivity index (χ3n) is 5.35. The second-order valence-electron chi connectivity index (χ2n) is 8.09. The molecule has 2 heterocycles. The van der Waals surface area contributed by atoms with Crippen LogP contribution < -0.4 is 0 Å². The number of cyclic esters (lactones) is 1. The molecule has 0 radical (unpaired) electrons. The summed E-state index contributed by atoms with van der Waals surface area (Å²) in [5, 5.41) is 8.89. The molecule has 0 aliphatic carbocycles. The van der Waals surface area contributed by atoms with Gasteiger partial charge < -0.3 is 23.7 Å². The molecule has 1 saturated heterocycles. The van der Waals surface area contributed by atoms with Crippen LogP contribution in [-0.2, 0) is 30.2 Å². The molecule has 2 rings (SSSR count). The summed E-state index contributed by atoms with van der Waals surface area (Å²) in [4.78, 5) is 38.4. The van der Waals surface area contributed by atoms with E-state index >= 15 is 0 Å². The first-order valence-corrected chi connectivity index (χ1v) is 11.6. The number of hydrogen-bond donors (Lipinski definition) is 1. The molecule has 0 saturated carbocycles. The summed E-state index contributed by atoms with van der Waals surface area (Å²) >= 11 is 3.46. The van der Waals surface area contributed by atoms with Crippen molar-refractivity contribution in [2.24, 2.45) is 5.92 Å². The number of aliphatic hydroxyl groups excluding tert-OH is 1. The molecule has 2 amide bonds. The molecule has 1 N–H and O–H groups in total. The van der Waals surface area contributed by atoms with Crippen molar-refractivity contribution in [3.63, 3.8) is 0 Å². The number of ether oxygens (including phenoxy) is 3. The van der Waals surface area contributed by atoms with E-state index in [1.165, 1.54) is 14.0 Å². The van der Waals surface area contributed by atoms with Crippen LogP contribution in [-0.4, -0.2) is 60.4 Å². The number of furan rings is 1. The number of halogens is 1. The van der Waals surface area contributed by atoms with E-state index in [0.717, 1.165) is 30.6 Å². The van der Waals surface area contributed by atoms with Crippen LogP contribution in [0.2, 0.25) is 0 Å². The van der Waals surface area contributed by atoms with Gasteiger partial charge in [-0.3, -0.25) is 9.59 Å². The van der Waals surface area contributed by atoms with Gasteiger partial charge in [0, 0.05) is 27.1 Å². The van der Waals surface area contributed by atoms with Gasteiger partial charge in [-0.2, -0.15) is 0 Å². The molecule has 3 atom stereocenters. The number of methoxy groups -OCH3 is 1. The van der Waals surface area contributed by atoms with Gasteiger partial charge in [0.2, 0.25) is 0 Å². The van der Waals surface area contributed by atoms with E-state index < -0.39 is 36.2 Å². The van der Waals surface area contributed by atoms with Gasteiger partial charge in [0.25, 0.3) is 5.91 Å². The van der Waals surface area contributed by atoms with E-state index in [1.807, 2.05) is 13.8 Å². The van der Waals surface area contributed by atoms with Crippen molar-refractivity contribution in [3.8, 4) is 0 Å². The van der Waals surface area contributed by atoms with Gasteiger partial charge in [-0.1, -0.05) is 26.7 Å². The molecule has 10 heteroatoms. The number of nitrogens with zero attached hydrogens (tertiary/aromatic N) is 1. The molecule has 9 nitrogen and oxygen atoms in total. The van der Waals surface area contributed by atoms with E-state index in [2.05, 4.69) is 15.9 Å². The quantitative estimate of drug-likeness (QED) is 0.329. The summed E-state index contributed by atoms with van der Waals surface area (Å²) in [7, 11) is 1.31. The Kier molecular flexibility index (Phi) is 10.2. The maximum Gasteiger partial charge on any atom is 0.417 e. The molecule has 0 bridgehead atoms. The first-order valence-electron chi connectivity index (χ1n) is 10.8. The smallest absolute Gasteiger partial charge is 0.417 e. The zero-order chi connectivity index (χ0) is 23.8. The van der Waals surface area contributed by atoms with Gasteiger partial charge >= 0.3 is 12.1 Å². The minimum Gasteiger partial charge on any atom is -0.461 e. The summed E-state index contributed by atoms with van der Waals surface area (Å²) in [5.74, 6) is -0.397. The Morgan fingerprint density at radius 2 is 1.97 bits per heavy atom. The van der Waals surface area contributed by atoms with E-state index in [9.17, 15) is 14.4 Å². The minimum atomic E-state index is -1.29. The summed E-state index contributed by atoms with van der Waals surface area (Å²) in [5.41, 5.74) is 0. The molecule has 1 aliphatic rings. The molecule has 1 aromatic heterocycles. The lowest BCUT2D eigenvalue weighted by molar-refractivity contribution is -0.164. The Hall–Kier alpha value is -1.91. The van der Waals surface area contributed by atoms with Crippen molar-refractivity contribution in [2.75, 3.05) is 20.3 Å².